The summed E-state index contributed by atoms with van der Waals surface area (Å²) >= 11 is 0. The van der Waals surface area contributed by atoms with Gasteiger partial charge in [0, 0.05) is 6.04 Å². The van der Waals surface area contributed by atoms with Crippen LogP contribution in [0.2, 0.25) is 0 Å². The first-order chi connectivity index (χ1) is 10.7. The topological polar surface area (TPSA) is 58.6 Å². The first-order valence-corrected chi connectivity index (χ1v) is 7.90. The first kappa shape index (κ1) is 16.5. The molecule has 1 aliphatic rings. The second kappa shape index (κ2) is 7.94. The van der Waals surface area contributed by atoms with Gasteiger partial charge >= 0.3 is 5.97 Å². The summed E-state index contributed by atoms with van der Waals surface area (Å²) in [4.78, 5) is 26.2. The van der Waals surface area contributed by atoms with E-state index in [2.05, 4.69) is 5.32 Å². The van der Waals surface area contributed by atoms with Crippen LogP contribution in [0.25, 0.3) is 0 Å². The predicted molar refractivity (Wildman–Crippen MR) is 84.2 cm³/mol. The summed E-state index contributed by atoms with van der Waals surface area (Å²) in [7, 11) is 0. The van der Waals surface area contributed by atoms with E-state index < -0.39 is 6.04 Å². The molecule has 120 valence electrons. The van der Waals surface area contributed by atoms with E-state index in [4.69, 9.17) is 4.74 Å². The van der Waals surface area contributed by atoms with Gasteiger partial charge in [0.1, 0.15) is 6.04 Å². The zero-order valence-electron chi connectivity index (χ0n) is 13.2. The minimum atomic E-state index is -0.468. The molecule has 1 aromatic rings. The Kier molecular flexibility index (Phi) is 5.95. The molecular formula is C17H24N2O3. The summed E-state index contributed by atoms with van der Waals surface area (Å²) in [6.07, 6.45) is 2.04. The molecule has 0 heterocycles. The molecule has 1 aromatic carbocycles. The molecule has 2 rings (SSSR count). The molecule has 0 spiro atoms. The smallest absolute Gasteiger partial charge is 0.328 e. The van der Waals surface area contributed by atoms with Crippen molar-refractivity contribution in [3.05, 3.63) is 35.9 Å². The van der Waals surface area contributed by atoms with Gasteiger partial charge in [0.05, 0.1) is 0 Å². The number of carbonyl (C=O) groups excluding carboxylic acids is 2. The molecule has 1 atom stereocenters. The number of nitrogens with one attached hydrogen (secondary N) is 1. The van der Waals surface area contributed by atoms with Gasteiger partial charge in [-0.15, -0.1) is 0 Å². The third-order valence-electron chi connectivity index (χ3n) is 3.80. The number of hydrogen-bond donors (Lipinski definition) is 1. The van der Waals surface area contributed by atoms with Crippen molar-refractivity contribution in [2.75, 3.05) is 19.7 Å². The lowest BCUT2D eigenvalue weighted by Gasteiger charge is -2.28. The highest BCUT2D eigenvalue weighted by Crippen LogP contribution is 2.22. The molecule has 0 aliphatic heterocycles. The second-order valence-electron chi connectivity index (χ2n) is 5.48. The maximum atomic E-state index is 12.5. The van der Waals surface area contributed by atoms with Gasteiger partial charge in [-0.25, -0.2) is 4.79 Å². The molecule has 1 saturated carbocycles. The molecule has 1 amide bonds. The van der Waals surface area contributed by atoms with Gasteiger partial charge in [0.2, 0.25) is 0 Å². The van der Waals surface area contributed by atoms with Crippen LogP contribution in [-0.2, 0) is 14.3 Å². The standard InChI is InChI=1S/C17H24N2O3/c1-3-19(4-2)16(13-8-6-5-7-9-13)17(21)22-12-15(20)18-14-10-11-14/h5-9,14,16H,3-4,10-12H2,1-2H3,(H,18,20)/t16-/m1/s1. The normalized spacial score (nSPS) is 15.4. The van der Waals surface area contributed by atoms with E-state index in [0.717, 1.165) is 31.5 Å². The second-order valence-corrected chi connectivity index (χ2v) is 5.48. The van der Waals surface area contributed by atoms with Crippen molar-refractivity contribution in [1.29, 1.82) is 0 Å². The van der Waals surface area contributed by atoms with E-state index in [1.165, 1.54) is 0 Å². The van der Waals surface area contributed by atoms with Gasteiger partial charge in [-0.1, -0.05) is 44.2 Å². The Bertz CT molecular complexity index is 496. The van der Waals surface area contributed by atoms with Gasteiger partial charge in [-0.2, -0.15) is 0 Å². The number of rotatable bonds is 8. The van der Waals surface area contributed by atoms with Crippen LogP contribution >= 0.6 is 0 Å². The highest BCUT2D eigenvalue weighted by Gasteiger charge is 2.28. The maximum Gasteiger partial charge on any atom is 0.328 e. The number of hydrogen-bond acceptors (Lipinski definition) is 4. The molecule has 5 nitrogen and oxygen atoms in total. The highest BCUT2D eigenvalue weighted by atomic mass is 16.5. The molecule has 5 heteroatoms. The van der Waals surface area contributed by atoms with Crippen molar-refractivity contribution in [2.24, 2.45) is 0 Å². The third-order valence-corrected chi connectivity index (χ3v) is 3.80. The Labute approximate surface area is 131 Å². The van der Waals surface area contributed by atoms with Crippen LogP contribution in [0.3, 0.4) is 0 Å². The fourth-order valence-corrected chi connectivity index (χ4v) is 2.43. The molecule has 1 N–H and O–H groups in total. The van der Waals surface area contributed by atoms with Crippen molar-refractivity contribution < 1.29 is 14.3 Å². The van der Waals surface area contributed by atoms with Crippen molar-refractivity contribution in [3.8, 4) is 0 Å². The summed E-state index contributed by atoms with van der Waals surface area (Å²) in [6.45, 7) is 5.28. The molecule has 0 saturated heterocycles. The van der Waals surface area contributed by atoms with Crippen molar-refractivity contribution >= 4 is 11.9 Å². The lowest BCUT2D eigenvalue weighted by molar-refractivity contribution is -0.154. The Balaban J connectivity index is 2.00. The average Bonchev–Trinajstić information content (AvgIpc) is 3.35. The number of carbonyl (C=O) groups is 2. The van der Waals surface area contributed by atoms with E-state index in [0.29, 0.717) is 0 Å². The van der Waals surface area contributed by atoms with Gasteiger partial charge in [-0.05, 0) is 31.5 Å². The van der Waals surface area contributed by atoms with Crippen LogP contribution in [0.5, 0.6) is 0 Å². The van der Waals surface area contributed by atoms with Crippen LogP contribution in [0.15, 0.2) is 30.3 Å². The van der Waals surface area contributed by atoms with Crippen LogP contribution in [0.4, 0.5) is 0 Å². The highest BCUT2D eigenvalue weighted by molar-refractivity contribution is 5.83. The summed E-state index contributed by atoms with van der Waals surface area (Å²) in [5, 5.41) is 2.82. The van der Waals surface area contributed by atoms with Crippen molar-refractivity contribution in [2.45, 2.75) is 38.8 Å². The summed E-state index contributed by atoms with van der Waals surface area (Å²) in [5.74, 6) is -0.594. The SMILES string of the molecule is CCN(CC)[C@@H](C(=O)OCC(=O)NC1CC1)c1ccccc1. The summed E-state index contributed by atoms with van der Waals surface area (Å²) in [6, 6.07) is 9.35. The minimum absolute atomic E-state index is 0.208. The zero-order chi connectivity index (χ0) is 15.9. The number of amides is 1. The Morgan fingerprint density at radius 2 is 1.86 bits per heavy atom. The fourth-order valence-electron chi connectivity index (χ4n) is 2.43. The number of likely N-dealkylation sites (N-methyl/N-ethyl adjacent to an activating group) is 1. The third kappa shape index (κ3) is 4.56. The zero-order valence-corrected chi connectivity index (χ0v) is 13.2. The summed E-state index contributed by atoms with van der Waals surface area (Å²) in [5.41, 5.74) is 0.888. The monoisotopic (exact) mass is 304 g/mol. The van der Waals surface area contributed by atoms with Crippen molar-refractivity contribution in [3.63, 3.8) is 0 Å². The van der Waals surface area contributed by atoms with Gasteiger partial charge < -0.3 is 10.1 Å². The fraction of sp³-hybridized carbons (Fsp3) is 0.529. The Hall–Kier alpha value is -1.88. The van der Waals surface area contributed by atoms with E-state index in [1.54, 1.807) is 0 Å². The van der Waals surface area contributed by atoms with Crippen molar-refractivity contribution in [1.82, 2.24) is 10.2 Å². The van der Waals surface area contributed by atoms with Crippen LogP contribution in [0, 0.1) is 0 Å². The van der Waals surface area contributed by atoms with E-state index in [9.17, 15) is 9.59 Å². The predicted octanol–water partition coefficient (Wildman–Crippen LogP) is 1.89. The number of esters is 1. The lowest BCUT2D eigenvalue weighted by atomic mass is 10.1. The van der Waals surface area contributed by atoms with E-state index in [1.807, 2.05) is 49.1 Å². The molecule has 0 bridgehead atoms. The van der Waals surface area contributed by atoms with Gasteiger partial charge in [-0.3, -0.25) is 9.69 Å². The number of ether oxygens (including phenoxy) is 1. The Morgan fingerprint density at radius 3 is 2.41 bits per heavy atom. The first-order valence-electron chi connectivity index (χ1n) is 7.90. The van der Waals surface area contributed by atoms with E-state index >= 15 is 0 Å². The minimum Gasteiger partial charge on any atom is -0.454 e. The number of benzene rings is 1. The molecule has 22 heavy (non-hydrogen) atoms. The lowest BCUT2D eigenvalue weighted by Crippen LogP contribution is -2.37. The molecule has 0 aromatic heterocycles. The molecule has 0 unspecified atom stereocenters. The Morgan fingerprint density at radius 1 is 1.23 bits per heavy atom. The van der Waals surface area contributed by atoms with E-state index in [-0.39, 0.29) is 24.5 Å². The molecular weight excluding hydrogens is 280 g/mol. The molecule has 1 fully saturated rings. The maximum absolute atomic E-state index is 12.5. The average molecular weight is 304 g/mol. The number of nitrogens with zero attached hydrogens (tertiary/aromatic N) is 1. The quantitative estimate of drug-likeness (QED) is 0.745. The van der Waals surface area contributed by atoms with Crippen LogP contribution in [0.1, 0.15) is 38.3 Å². The van der Waals surface area contributed by atoms with Crippen LogP contribution < -0.4 is 5.32 Å². The van der Waals surface area contributed by atoms with Gasteiger partial charge in [0.15, 0.2) is 6.61 Å². The van der Waals surface area contributed by atoms with Gasteiger partial charge in [0.25, 0.3) is 5.91 Å². The van der Waals surface area contributed by atoms with Crippen LogP contribution in [-0.4, -0.2) is 42.5 Å². The summed E-state index contributed by atoms with van der Waals surface area (Å²) < 4.78 is 5.24. The molecule has 1 aliphatic carbocycles. The largest absolute Gasteiger partial charge is 0.454 e. The molecule has 0 radical (unpaired) electrons.